The van der Waals surface area contributed by atoms with Gasteiger partial charge < -0.3 is 15.0 Å². The van der Waals surface area contributed by atoms with Crippen LogP contribution >= 0.6 is 15.9 Å². The Hall–Kier alpha value is -2.77. The van der Waals surface area contributed by atoms with Gasteiger partial charge in [0.2, 0.25) is 0 Å². The molecule has 4 aromatic rings. The molecule has 3 heterocycles. The van der Waals surface area contributed by atoms with Crippen molar-refractivity contribution in [2.75, 3.05) is 13.2 Å². The van der Waals surface area contributed by atoms with Crippen molar-refractivity contribution in [3.63, 3.8) is 0 Å². The van der Waals surface area contributed by atoms with E-state index in [9.17, 15) is 0 Å². The predicted octanol–water partition coefficient (Wildman–Crippen LogP) is 3.95. The molecule has 0 aliphatic heterocycles. The van der Waals surface area contributed by atoms with E-state index < -0.39 is 0 Å². The Labute approximate surface area is 165 Å². The average Bonchev–Trinajstić information content (AvgIpc) is 3.12. The second-order valence-electron chi connectivity index (χ2n) is 6.01. The molecule has 3 aromatic heterocycles. The van der Waals surface area contributed by atoms with Crippen LogP contribution in [0.15, 0.2) is 65.5 Å². The zero-order chi connectivity index (χ0) is 18.5. The van der Waals surface area contributed by atoms with Crippen LogP contribution in [0.5, 0.6) is 5.75 Å². The number of aromatic amines is 1. The van der Waals surface area contributed by atoms with E-state index >= 15 is 0 Å². The molecule has 7 heteroatoms. The number of ether oxygens (including phenoxy) is 1. The summed E-state index contributed by atoms with van der Waals surface area (Å²) in [6.45, 7) is 2.18. The minimum absolute atomic E-state index is 0.604. The first-order chi connectivity index (χ1) is 13.3. The van der Waals surface area contributed by atoms with Gasteiger partial charge in [0, 0.05) is 41.7 Å². The Kier molecular flexibility index (Phi) is 5.41. The lowest BCUT2D eigenvalue weighted by Crippen LogP contribution is -2.20. The van der Waals surface area contributed by atoms with E-state index in [1.54, 1.807) is 18.6 Å². The van der Waals surface area contributed by atoms with Crippen molar-refractivity contribution in [3.05, 3.63) is 71.1 Å². The fourth-order valence-electron chi connectivity index (χ4n) is 2.69. The van der Waals surface area contributed by atoms with Gasteiger partial charge >= 0.3 is 0 Å². The number of halogens is 1. The Bertz CT molecular complexity index is 1020. The number of aromatic nitrogens is 4. The van der Waals surface area contributed by atoms with Crippen molar-refractivity contribution in [2.45, 2.75) is 6.54 Å². The van der Waals surface area contributed by atoms with Crippen LogP contribution in [-0.2, 0) is 6.54 Å². The number of pyridine rings is 2. The van der Waals surface area contributed by atoms with Crippen LogP contribution in [0.3, 0.4) is 0 Å². The van der Waals surface area contributed by atoms with Crippen molar-refractivity contribution in [1.29, 1.82) is 0 Å². The van der Waals surface area contributed by atoms with Gasteiger partial charge in [-0.2, -0.15) is 0 Å². The second-order valence-corrected chi connectivity index (χ2v) is 6.93. The van der Waals surface area contributed by atoms with Crippen molar-refractivity contribution in [2.24, 2.45) is 0 Å². The molecule has 0 aliphatic carbocycles. The molecule has 0 fully saturated rings. The highest BCUT2D eigenvalue weighted by Crippen LogP contribution is 2.23. The molecule has 2 N–H and O–H groups in total. The largest absolute Gasteiger partial charge is 0.492 e. The molecule has 6 nitrogen and oxygen atoms in total. The van der Waals surface area contributed by atoms with Crippen LogP contribution in [0.1, 0.15) is 5.56 Å². The quantitative estimate of drug-likeness (QED) is 0.440. The first-order valence-electron chi connectivity index (χ1n) is 8.62. The van der Waals surface area contributed by atoms with Crippen LogP contribution in [-0.4, -0.2) is 33.1 Å². The monoisotopic (exact) mass is 423 g/mol. The van der Waals surface area contributed by atoms with Gasteiger partial charge in [-0.05, 0) is 64.0 Å². The molecule has 0 saturated heterocycles. The molecule has 0 atom stereocenters. The highest BCUT2D eigenvalue weighted by molar-refractivity contribution is 9.10. The smallest absolute Gasteiger partial charge is 0.157 e. The number of imidazole rings is 1. The molecule has 0 unspecified atom stereocenters. The van der Waals surface area contributed by atoms with E-state index in [4.69, 9.17) is 4.74 Å². The standard InChI is InChI=1S/C20H18BrN5O/c21-16-11-18-20(24-13-16)26-19(25-18)15-1-3-17(4-2-15)27-10-9-23-12-14-5-7-22-8-6-14/h1-8,11,13,23H,9-10,12H2,(H,24,25,26). The lowest BCUT2D eigenvalue weighted by Gasteiger charge is -2.08. The first-order valence-corrected chi connectivity index (χ1v) is 9.41. The summed E-state index contributed by atoms with van der Waals surface area (Å²) in [5.41, 5.74) is 3.81. The third-order valence-electron chi connectivity index (χ3n) is 4.06. The Balaban J connectivity index is 1.30. The average molecular weight is 424 g/mol. The second kappa shape index (κ2) is 8.28. The number of nitrogens with one attached hydrogen (secondary N) is 2. The Morgan fingerprint density at radius 2 is 1.89 bits per heavy atom. The first kappa shape index (κ1) is 17.6. The van der Waals surface area contributed by atoms with Gasteiger partial charge in [0.05, 0.1) is 0 Å². The van der Waals surface area contributed by atoms with Gasteiger partial charge in [0.1, 0.15) is 23.7 Å². The zero-order valence-electron chi connectivity index (χ0n) is 14.5. The molecule has 0 radical (unpaired) electrons. The van der Waals surface area contributed by atoms with Crippen LogP contribution in [0.2, 0.25) is 0 Å². The highest BCUT2D eigenvalue weighted by atomic mass is 79.9. The SMILES string of the molecule is Brc1cnc2[nH]c(-c3ccc(OCCNCc4ccncc4)cc3)nc2c1. The van der Waals surface area contributed by atoms with Gasteiger partial charge in [-0.1, -0.05) is 0 Å². The van der Waals surface area contributed by atoms with Crippen molar-refractivity contribution in [1.82, 2.24) is 25.3 Å². The van der Waals surface area contributed by atoms with Crippen LogP contribution in [0.25, 0.3) is 22.6 Å². The minimum Gasteiger partial charge on any atom is -0.492 e. The van der Waals surface area contributed by atoms with E-state index in [1.165, 1.54) is 5.56 Å². The lowest BCUT2D eigenvalue weighted by atomic mass is 10.2. The maximum absolute atomic E-state index is 5.79. The molecular formula is C20H18BrN5O. The lowest BCUT2D eigenvalue weighted by molar-refractivity contribution is 0.313. The number of fused-ring (bicyclic) bond motifs is 1. The number of hydrogen-bond acceptors (Lipinski definition) is 5. The summed E-state index contributed by atoms with van der Waals surface area (Å²) in [4.78, 5) is 16.2. The summed E-state index contributed by atoms with van der Waals surface area (Å²) >= 11 is 3.41. The fourth-order valence-corrected chi connectivity index (χ4v) is 3.01. The number of H-pyrrole nitrogens is 1. The molecule has 27 heavy (non-hydrogen) atoms. The third kappa shape index (κ3) is 4.50. The Morgan fingerprint density at radius 3 is 2.70 bits per heavy atom. The summed E-state index contributed by atoms with van der Waals surface area (Å²) in [7, 11) is 0. The molecule has 0 amide bonds. The maximum atomic E-state index is 5.79. The van der Waals surface area contributed by atoms with E-state index in [0.29, 0.717) is 6.61 Å². The Morgan fingerprint density at radius 1 is 1.07 bits per heavy atom. The van der Waals surface area contributed by atoms with E-state index in [2.05, 4.69) is 41.2 Å². The topological polar surface area (TPSA) is 75.7 Å². The molecule has 0 aliphatic rings. The highest BCUT2D eigenvalue weighted by Gasteiger charge is 2.07. The molecule has 0 saturated carbocycles. The number of hydrogen-bond donors (Lipinski definition) is 2. The van der Waals surface area contributed by atoms with Gasteiger partial charge in [0.25, 0.3) is 0 Å². The van der Waals surface area contributed by atoms with Crippen LogP contribution < -0.4 is 10.1 Å². The van der Waals surface area contributed by atoms with Gasteiger partial charge in [-0.25, -0.2) is 9.97 Å². The molecule has 136 valence electrons. The number of nitrogens with zero attached hydrogens (tertiary/aromatic N) is 3. The summed E-state index contributed by atoms with van der Waals surface area (Å²) in [6.07, 6.45) is 5.35. The van der Waals surface area contributed by atoms with Gasteiger partial charge in [-0.15, -0.1) is 0 Å². The van der Waals surface area contributed by atoms with Crippen LogP contribution in [0, 0.1) is 0 Å². The van der Waals surface area contributed by atoms with Crippen LogP contribution in [0.4, 0.5) is 0 Å². The molecule has 4 rings (SSSR count). The molecular weight excluding hydrogens is 406 g/mol. The molecule has 0 bridgehead atoms. The summed E-state index contributed by atoms with van der Waals surface area (Å²) in [6, 6.07) is 13.8. The third-order valence-corrected chi connectivity index (χ3v) is 4.49. The van der Waals surface area contributed by atoms with Crippen molar-refractivity contribution in [3.8, 4) is 17.1 Å². The van der Waals surface area contributed by atoms with Gasteiger partial charge in [0.15, 0.2) is 5.65 Å². The maximum Gasteiger partial charge on any atom is 0.157 e. The fraction of sp³-hybridized carbons (Fsp3) is 0.150. The number of benzene rings is 1. The summed E-state index contributed by atoms with van der Waals surface area (Å²) in [5.74, 6) is 1.63. The minimum atomic E-state index is 0.604. The molecule has 0 spiro atoms. The normalized spacial score (nSPS) is 11.0. The predicted molar refractivity (Wildman–Crippen MR) is 108 cm³/mol. The number of rotatable bonds is 7. The summed E-state index contributed by atoms with van der Waals surface area (Å²) < 4.78 is 6.70. The van der Waals surface area contributed by atoms with Crippen molar-refractivity contribution < 1.29 is 4.74 Å². The van der Waals surface area contributed by atoms with E-state index in [1.807, 2.05) is 42.5 Å². The molecule has 1 aromatic carbocycles. The zero-order valence-corrected chi connectivity index (χ0v) is 16.1. The summed E-state index contributed by atoms with van der Waals surface area (Å²) in [5, 5.41) is 3.35. The van der Waals surface area contributed by atoms with E-state index in [0.717, 1.165) is 45.9 Å². The van der Waals surface area contributed by atoms with Gasteiger partial charge in [-0.3, -0.25) is 4.98 Å². The van der Waals surface area contributed by atoms with Crippen molar-refractivity contribution >= 4 is 27.1 Å². The van der Waals surface area contributed by atoms with E-state index in [-0.39, 0.29) is 0 Å².